The van der Waals surface area contributed by atoms with E-state index in [9.17, 15) is 0 Å². The van der Waals surface area contributed by atoms with Crippen LogP contribution in [0.4, 0.5) is 5.69 Å². The number of para-hydroxylation sites is 1. The molecule has 1 aliphatic rings. The van der Waals surface area contributed by atoms with Crippen molar-refractivity contribution in [3.8, 4) is 0 Å². The summed E-state index contributed by atoms with van der Waals surface area (Å²) in [6.45, 7) is 6.76. The Bertz CT molecular complexity index is 556. The maximum atomic E-state index is 4.47. The summed E-state index contributed by atoms with van der Waals surface area (Å²) in [7, 11) is 0. The molecule has 0 aliphatic carbocycles. The van der Waals surface area contributed by atoms with Crippen LogP contribution in [-0.4, -0.2) is 31.2 Å². The van der Waals surface area contributed by atoms with Crippen LogP contribution in [0.25, 0.3) is 10.9 Å². The second-order valence-corrected chi connectivity index (χ2v) is 5.60. The van der Waals surface area contributed by atoms with Crippen LogP contribution >= 0.6 is 0 Å². The van der Waals surface area contributed by atoms with E-state index in [1.54, 1.807) is 0 Å². The topological polar surface area (TPSA) is 28.2 Å². The van der Waals surface area contributed by atoms with Crippen molar-refractivity contribution in [2.45, 2.75) is 19.8 Å². The molecule has 0 bridgehead atoms. The molecule has 1 unspecified atom stereocenters. The molecule has 3 nitrogen and oxygen atoms in total. The average molecular weight is 269 g/mol. The monoisotopic (exact) mass is 269 g/mol. The van der Waals surface area contributed by atoms with Crippen LogP contribution in [0.15, 0.2) is 36.5 Å². The molecular formula is C17H23N3. The third-order valence-corrected chi connectivity index (χ3v) is 4.23. The van der Waals surface area contributed by atoms with E-state index in [2.05, 4.69) is 52.5 Å². The number of piperidine rings is 1. The Hall–Kier alpha value is -1.61. The Morgan fingerprint density at radius 1 is 1.30 bits per heavy atom. The Morgan fingerprint density at radius 2 is 2.20 bits per heavy atom. The van der Waals surface area contributed by atoms with Gasteiger partial charge >= 0.3 is 0 Å². The molecule has 20 heavy (non-hydrogen) atoms. The van der Waals surface area contributed by atoms with Crippen LogP contribution in [-0.2, 0) is 0 Å². The molecule has 0 radical (unpaired) electrons. The Kier molecular flexibility index (Phi) is 4.16. The highest BCUT2D eigenvalue weighted by molar-refractivity contribution is 5.91. The number of pyridine rings is 1. The fraction of sp³-hybridized carbons (Fsp3) is 0.471. The molecule has 2 heterocycles. The number of hydrogen-bond donors (Lipinski definition) is 1. The predicted molar refractivity (Wildman–Crippen MR) is 85.2 cm³/mol. The molecule has 2 aromatic rings. The molecule has 1 atom stereocenters. The lowest BCUT2D eigenvalue weighted by Gasteiger charge is -2.31. The van der Waals surface area contributed by atoms with Crippen LogP contribution in [0.3, 0.4) is 0 Å². The fourth-order valence-electron chi connectivity index (χ4n) is 3.15. The lowest BCUT2D eigenvalue weighted by Crippen LogP contribution is -2.38. The molecule has 106 valence electrons. The standard InChI is InChI=1S/C17H23N3/c1-2-20(13-14-6-5-10-18-12-14)17-9-11-19-16-8-4-3-7-15(16)17/h3-4,7-9,11,14,18H,2,5-6,10,12-13H2,1H3. The van der Waals surface area contributed by atoms with Crippen LogP contribution in [0, 0.1) is 5.92 Å². The summed E-state index contributed by atoms with van der Waals surface area (Å²) in [5, 5.41) is 4.78. The zero-order valence-electron chi connectivity index (χ0n) is 12.2. The normalized spacial score (nSPS) is 19.1. The zero-order chi connectivity index (χ0) is 13.8. The van der Waals surface area contributed by atoms with E-state index < -0.39 is 0 Å². The molecule has 3 rings (SSSR count). The van der Waals surface area contributed by atoms with Gasteiger partial charge in [-0.3, -0.25) is 4.98 Å². The van der Waals surface area contributed by atoms with E-state index in [0.717, 1.165) is 31.1 Å². The second kappa shape index (κ2) is 6.23. The minimum absolute atomic E-state index is 0.760. The van der Waals surface area contributed by atoms with Gasteiger partial charge in [-0.2, -0.15) is 0 Å². The van der Waals surface area contributed by atoms with E-state index in [1.807, 2.05) is 6.20 Å². The number of anilines is 1. The number of nitrogens with zero attached hydrogens (tertiary/aromatic N) is 2. The lowest BCUT2D eigenvalue weighted by molar-refractivity contribution is 0.378. The van der Waals surface area contributed by atoms with Crippen molar-refractivity contribution in [3.63, 3.8) is 0 Å². The van der Waals surface area contributed by atoms with Crippen molar-refractivity contribution in [2.75, 3.05) is 31.1 Å². The molecule has 0 amide bonds. The van der Waals surface area contributed by atoms with Gasteiger partial charge in [0.25, 0.3) is 0 Å². The first kappa shape index (κ1) is 13.4. The SMILES string of the molecule is CCN(CC1CCCNC1)c1ccnc2ccccc12. The van der Waals surface area contributed by atoms with E-state index in [0.29, 0.717) is 0 Å². The summed E-state index contributed by atoms with van der Waals surface area (Å²) in [4.78, 5) is 6.97. The summed E-state index contributed by atoms with van der Waals surface area (Å²) in [6.07, 6.45) is 4.57. The first-order valence-corrected chi connectivity index (χ1v) is 7.68. The van der Waals surface area contributed by atoms with Crippen LogP contribution in [0.5, 0.6) is 0 Å². The van der Waals surface area contributed by atoms with Crippen molar-refractivity contribution in [1.82, 2.24) is 10.3 Å². The fourth-order valence-corrected chi connectivity index (χ4v) is 3.15. The first-order chi connectivity index (χ1) is 9.88. The molecule has 1 aromatic carbocycles. The zero-order valence-corrected chi connectivity index (χ0v) is 12.2. The molecule has 1 aromatic heterocycles. The van der Waals surface area contributed by atoms with Gasteiger partial charge in [0.1, 0.15) is 0 Å². The number of hydrogen-bond acceptors (Lipinski definition) is 3. The van der Waals surface area contributed by atoms with Gasteiger partial charge in [-0.05, 0) is 50.9 Å². The molecule has 0 spiro atoms. The maximum Gasteiger partial charge on any atom is 0.0722 e. The highest BCUT2D eigenvalue weighted by Crippen LogP contribution is 2.26. The van der Waals surface area contributed by atoms with E-state index in [4.69, 9.17) is 0 Å². The van der Waals surface area contributed by atoms with Crippen LogP contribution < -0.4 is 10.2 Å². The number of benzene rings is 1. The predicted octanol–water partition coefficient (Wildman–Crippen LogP) is 3.06. The van der Waals surface area contributed by atoms with Crippen LogP contribution in [0.2, 0.25) is 0 Å². The summed E-state index contributed by atoms with van der Waals surface area (Å²) >= 11 is 0. The lowest BCUT2D eigenvalue weighted by atomic mass is 9.98. The molecule has 0 saturated carbocycles. The van der Waals surface area contributed by atoms with Gasteiger partial charge in [0.2, 0.25) is 0 Å². The Labute approximate surface area is 121 Å². The third kappa shape index (κ3) is 2.78. The minimum Gasteiger partial charge on any atom is -0.371 e. The summed E-state index contributed by atoms with van der Waals surface area (Å²) < 4.78 is 0. The van der Waals surface area contributed by atoms with Gasteiger partial charge in [0.15, 0.2) is 0 Å². The van der Waals surface area contributed by atoms with Crippen molar-refractivity contribution < 1.29 is 0 Å². The minimum atomic E-state index is 0.760. The van der Waals surface area contributed by atoms with Crippen molar-refractivity contribution in [1.29, 1.82) is 0 Å². The van der Waals surface area contributed by atoms with Crippen molar-refractivity contribution >= 4 is 16.6 Å². The largest absolute Gasteiger partial charge is 0.371 e. The molecular weight excluding hydrogens is 246 g/mol. The van der Waals surface area contributed by atoms with Gasteiger partial charge in [0, 0.05) is 30.4 Å². The van der Waals surface area contributed by atoms with Gasteiger partial charge in [-0.25, -0.2) is 0 Å². The number of aromatic nitrogens is 1. The van der Waals surface area contributed by atoms with Gasteiger partial charge < -0.3 is 10.2 Å². The van der Waals surface area contributed by atoms with Gasteiger partial charge in [0.05, 0.1) is 5.52 Å². The van der Waals surface area contributed by atoms with Gasteiger partial charge in [-0.1, -0.05) is 18.2 Å². The molecule has 3 heteroatoms. The van der Waals surface area contributed by atoms with Crippen LogP contribution in [0.1, 0.15) is 19.8 Å². The van der Waals surface area contributed by atoms with E-state index in [1.165, 1.54) is 30.5 Å². The number of nitrogens with one attached hydrogen (secondary N) is 1. The summed E-state index contributed by atoms with van der Waals surface area (Å²) in [6, 6.07) is 10.6. The van der Waals surface area contributed by atoms with Crippen molar-refractivity contribution in [2.24, 2.45) is 5.92 Å². The summed E-state index contributed by atoms with van der Waals surface area (Å²) in [5.74, 6) is 0.760. The Balaban J connectivity index is 1.86. The first-order valence-electron chi connectivity index (χ1n) is 7.68. The molecule has 1 saturated heterocycles. The number of rotatable bonds is 4. The van der Waals surface area contributed by atoms with Gasteiger partial charge in [-0.15, -0.1) is 0 Å². The summed E-state index contributed by atoms with van der Waals surface area (Å²) in [5.41, 5.74) is 2.41. The molecule has 1 N–H and O–H groups in total. The third-order valence-electron chi connectivity index (χ3n) is 4.23. The average Bonchev–Trinajstić information content (AvgIpc) is 2.53. The maximum absolute atomic E-state index is 4.47. The second-order valence-electron chi connectivity index (χ2n) is 5.60. The smallest absolute Gasteiger partial charge is 0.0722 e. The molecule has 1 aliphatic heterocycles. The Morgan fingerprint density at radius 3 is 3.00 bits per heavy atom. The van der Waals surface area contributed by atoms with E-state index in [-0.39, 0.29) is 0 Å². The van der Waals surface area contributed by atoms with Crippen molar-refractivity contribution in [3.05, 3.63) is 36.5 Å². The van der Waals surface area contributed by atoms with E-state index >= 15 is 0 Å². The number of fused-ring (bicyclic) bond motifs is 1. The molecule has 1 fully saturated rings. The highest BCUT2D eigenvalue weighted by Gasteiger charge is 2.17. The quantitative estimate of drug-likeness (QED) is 0.924. The highest BCUT2D eigenvalue weighted by atomic mass is 15.1.